The molecule has 5 nitrogen and oxygen atoms in total. The van der Waals surface area contributed by atoms with E-state index in [2.05, 4.69) is 31.2 Å². The van der Waals surface area contributed by atoms with Crippen molar-refractivity contribution in [3.8, 4) is 0 Å². The number of carbonyl (C=O) groups excluding carboxylic acids is 3. The first-order chi connectivity index (χ1) is 16.5. The van der Waals surface area contributed by atoms with Crippen LogP contribution >= 0.6 is 0 Å². The number of benzene rings is 3. The zero-order valence-corrected chi connectivity index (χ0v) is 19.2. The van der Waals surface area contributed by atoms with E-state index < -0.39 is 23.2 Å². The van der Waals surface area contributed by atoms with E-state index in [9.17, 15) is 14.4 Å². The van der Waals surface area contributed by atoms with Crippen LogP contribution in [0.15, 0.2) is 72.8 Å². The van der Waals surface area contributed by atoms with Gasteiger partial charge in [0.15, 0.2) is 0 Å². The molecule has 0 unspecified atom stereocenters. The standard InChI is InChI=1S/C29H25NO4/c1-3-29-21-14-7-5-12-19(21)23(20-13-6-8-15-22(20)29)24-25(29)27(32)30(26(24)31)18-11-9-10-17(16-18)28(33)34-4-2/h5-16,23-25H,3-4H2,1-2H3/t23?,24-,25+,29?/m1/s1. The fraction of sp³-hybridized carbons (Fsp3) is 0.276. The first-order valence-electron chi connectivity index (χ1n) is 11.9. The lowest BCUT2D eigenvalue weighted by molar-refractivity contribution is -0.123. The van der Waals surface area contributed by atoms with Gasteiger partial charge in [-0.05, 0) is 53.8 Å². The van der Waals surface area contributed by atoms with Crippen molar-refractivity contribution in [1.29, 1.82) is 0 Å². The number of rotatable bonds is 4. The van der Waals surface area contributed by atoms with Crippen LogP contribution in [0.4, 0.5) is 5.69 Å². The van der Waals surface area contributed by atoms with E-state index in [0.29, 0.717) is 17.7 Å². The van der Waals surface area contributed by atoms with Crippen LogP contribution in [-0.2, 0) is 19.7 Å². The van der Waals surface area contributed by atoms with Gasteiger partial charge < -0.3 is 4.74 Å². The highest BCUT2D eigenvalue weighted by Crippen LogP contribution is 2.65. The van der Waals surface area contributed by atoms with Crippen LogP contribution < -0.4 is 4.90 Å². The van der Waals surface area contributed by atoms with E-state index in [1.807, 2.05) is 24.3 Å². The molecule has 2 atom stereocenters. The molecule has 3 aromatic rings. The summed E-state index contributed by atoms with van der Waals surface area (Å²) in [5, 5.41) is 0. The molecule has 170 valence electrons. The minimum Gasteiger partial charge on any atom is -0.462 e. The third kappa shape index (κ3) is 2.47. The normalized spacial score (nSPS) is 26.2. The van der Waals surface area contributed by atoms with E-state index in [1.165, 1.54) is 4.90 Å². The van der Waals surface area contributed by atoms with Crippen molar-refractivity contribution in [2.45, 2.75) is 31.6 Å². The first kappa shape index (κ1) is 20.8. The maximum atomic E-state index is 14.1. The average Bonchev–Trinajstić information content (AvgIpc) is 3.15. The van der Waals surface area contributed by atoms with Gasteiger partial charge in [0, 0.05) is 11.3 Å². The number of carbonyl (C=O) groups is 3. The van der Waals surface area contributed by atoms with E-state index >= 15 is 0 Å². The Labute approximate surface area is 198 Å². The summed E-state index contributed by atoms with van der Waals surface area (Å²) in [5.41, 5.74) is 4.80. The van der Waals surface area contributed by atoms with Crippen molar-refractivity contribution in [2.75, 3.05) is 11.5 Å². The van der Waals surface area contributed by atoms with Crippen LogP contribution in [0.5, 0.6) is 0 Å². The first-order valence-corrected chi connectivity index (χ1v) is 11.9. The SMILES string of the molecule is CCOC(=O)c1cccc(N2C(=O)[C@@H]3C4c5ccccc5C(CC)(c5ccccc54)[C@@H]3C2=O)c1. The molecule has 4 aliphatic rings. The second-order valence-corrected chi connectivity index (χ2v) is 9.26. The number of imide groups is 1. The van der Waals surface area contributed by atoms with Crippen molar-refractivity contribution in [3.63, 3.8) is 0 Å². The molecule has 2 bridgehead atoms. The van der Waals surface area contributed by atoms with E-state index in [4.69, 9.17) is 4.74 Å². The Morgan fingerprint density at radius 2 is 1.53 bits per heavy atom. The van der Waals surface area contributed by atoms with Crippen molar-refractivity contribution in [3.05, 3.63) is 101 Å². The summed E-state index contributed by atoms with van der Waals surface area (Å²) in [6.07, 6.45) is 0.713. The van der Waals surface area contributed by atoms with Gasteiger partial charge in [0.05, 0.1) is 29.7 Å². The zero-order chi connectivity index (χ0) is 23.6. The topological polar surface area (TPSA) is 63.7 Å². The van der Waals surface area contributed by atoms with Crippen molar-refractivity contribution in [2.24, 2.45) is 11.8 Å². The van der Waals surface area contributed by atoms with Gasteiger partial charge in [-0.3, -0.25) is 9.59 Å². The van der Waals surface area contributed by atoms with Gasteiger partial charge in [-0.25, -0.2) is 9.69 Å². The summed E-state index contributed by atoms with van der Waals surface area (Å²) >= 11 is 0. The Bertz CT molecular complexity index is 1310. The fourth-order valence-corrected chi connectivity index (χ4v) is 6.77. The Hall–Kier alpha value is -3.73. The predicted molar refractivity (Wildman–Crippen MR) is 128 cm³/mol. The molecule has 0 N–H and O–H groups in total. The Kier molecular flexibility index (Phi) is 4.53. The molecule has 1 fully saturated rings. The number of nitrogens with zero attached hydrogens (tertiary/aromatic N) is 1. The second kappa shape index (κ2) is 7.39. The molecule has 5 heteroatoms. The smallest absolute Gasteiger partial charge is 0.338 e. The molecule has 0 radical (unpaired) electrons. The molecule has 0 spiro atoms. The number of anilines is 1. The van der Waals surface area contributed by atoms with Gasteiger partial charge in [-0.1, -0.05) is 61.5 Å². The molecule has 0 aromatic heterocycles. The van der Waals surface area contributed by atoms with Crippen LogP contribution in [0.2, 0.25) is 0 Å². The number of hydrogen-bond donors (Lipinski definition) is 0. The lowest BCUT2D eigenvalue weighted by Crippen LogP contribution is -2.53. The van der Waals surface area contributed by atoms with Gasteiger partial charge in [0.2, 0.25) is 11.8 Å². The van der Waals surface area contributed by atoms with Crippen molar-refractivity contribution < 1.29 is 19.1 Å². The molecule has 2 amide bonds. The molecule has 1 saturated heterocycles. The minimum absolute atomic E-state index is 0.166. The number of ether oxygens (including phenoxy) is 1. The Morgan fingerprint density at radius 1 is 0.882 bits per heavy atom. The molecule has 0 saturated carbocycles. The van der Waals surface area contributed by atoms with Crippen LogP contribution in [-0.4, -0.2) is 24.4 Å². The zero-order valence-electron chi connectivity index (χ0n) is 19.2. The monoisotopic (exact) mass is 451 g/mol. The van der Waals surface area contributed by atoms with Crippen molar-refractivity contribution >= 4 is 23.5 Å². The van der Waals surface area contributed by atoms with Crippen LogP contribution in [0.25, 0.3) is 0 Å². The molecule has 1 aliphatic heterocycles. The highest BCUT2D eigenvalue weighted by Gasteiger charge is 2.67. The molecular formula is C29H25NO4. The molecule has 7 rings (SSSR count). The summed E-state index contributed by atoms with van der Waals surface area (Å²) in [5.74, 6) is -1.96. The van der Waals surface area contributed by atoms with Gasteiger partial charge >= 0.3 is 5.97 Å². The summed E-state index contributed by atoms with van der Waals surface area (Å²) in [6, 6.07) is 23.2. The molecule has 34 heavy (non-hydrogen) atoms. The number of esters is 1. The Balaban J connectivity index is 1.54. The van der Waals surface area contributed by atoms with Crippen LogP contribution in [0.1, 0.15) is 58.8 Å². The third-order valence-electron chi connectivity index (χ3n) is 7.97. The van der Waals surface area contributed by atoms with Gasteiger partial charge in [-0.15, -0.1) is 0 Å². The average molecular weight is 452 g/mol. The van der Waals surface area contributed by atoms with Gasteiger partial charge in [0.1, 0.15) is 0 Å². The third-order valence-corrected chi connectivity index (χ3v) is 7.97. The minimum atomic E-state index is -0.563. The van der Waals surface area contributed by atoms with Gasteiger partial charge in [-0.2, -0.15) is 0 Å². The Morgan fingerprint density at radius 3 is 2.15 bits per heavy atom. The van der Waals surface area contributed by atoms with Crippen molar-refractivity contribution in [1.82, 2.24) is 0 Å². The molecule has 3 aromatic carbocycles. The molecule has 3 aliphatic carbocycles. The van der Waals surface area contributed by atoms with E-state index in [0.717, 1.165) is 22.3 Å². The van der Waals surface area contributed by atoms with E-state index in [-0.39, 0.29) is 24.3 Å². The molecule has 1 heterocycles. The molecular weight excluding hydrogens is 426 g/mol. The maximum absolute atomic E-state index is 14.1. The quantitative estimate of drug-likeness (QED) is 0.421. The van der Waals surface area contributed by atoms with E-state index in [1.54, 1.807) is 31.2 Å². The summed E-state index contributed by atoms with van der Waals surface area (Å²) in [7, 11) is 0. The maximum Gasteiger partial charge on any atom is 0.338 e. The summed E-state index contributed by atoms with van der Waals surface area (Å²) in [4.78, 5) is 41.8. The summed E-state index contributed by atoms with van der Waals surface area (Å²) in [6.45, 7) is 4.11. The predicted octanol–water partition coefficient (Wildman–Crippen LogP) is 4.82. The van der Waals surface area contributed by atoms with Crippen LogP contribution in [0.3, 0.4) is 0 Å². The van der Waals surface area contributed by atoms with Crippen LogP contribution in [0, 0.1) is 11.8 Å². The van der Waals surface area contributed by atoms with Gasteiger partial charge in [0.25, 0.3) is 0 Å². The number of amides is 2. The fourth-order valence-electron chi connectivity index (χ4n) is 6.77. The second-order valence-electron chi connectivity index (χ2n) is 9.26. The number of hydrogen-bond acceptors (Lipinski definition) is 4. The lowest BCUT2D eigenvalue weighted by Gasteiger charge is -2.54. The summed E-state index contributed by atoms with van der Waals surface area (Å²) < 4.78 is 5.13. The lowest BCUT2D eigenvalue weighted by atomic mass is 9.46. The highest BCUT2D eigenvalue weighted by atomic mass is 16.5. The largest absolute Gasteiger partial charge is 0.462 e. The highest BCUT2D eigenvalue weighted by molar-refractivity contribution is 6.24.